The molecule has 6 heavy (non-hydrogen) atoms. The number of hydrogen-bond acceptors (Lipinski definition) is 1. The van der Waals surface area contributed by atoms with Crippen LogP contribution in [0.3, 0.4) is 0 Å². The van der Waals surface area contributed by atoms with E-state index in [1.54, 1.807) is 0 Å². The Morgan fingerprint density at radius 1 is 1.67 bits per heavy atom. The molecule has 0 atom stereocenters. The van der Waals surface area contributed by atoms with Crippen molar-refractivity contribution < 1.29 is 44.8 Å². The molecule has 0 aromatic heterocycles. The molecule has 0 aliphatic carbocycles. The quantitative estimate of drug-likeness (QED) is 0.475. The number of hydrogen-bond donors (Lipinski definition) is 2. The van der Waals surface area contributed by atoms with Crippen molar-refractivity contribution in [3.63, 3.8) is 0 Å². The van der Waals surface area contributed by atoms with Crippen LogP contribution in [0, 0.1) is 0 Å². The average Bonchev–Trinajstić information content (AvgIpc) is 1.35. The van der Waals surface area contributed by atoms with Crippen LogP contribution >= 0.6 is 6.07 Å². The molecule has 0 bridgehead atoms. The van der Waals surface area contributed by atoms with Crippen molar-refractivity contribution >= 4 is 6.07 Å². The Labute approximate surface area is 50.9 Å². The van der Waals surface area contributed by atoms with Gasteiger partial charge in [0.25, 0.3) is 0 Å². The topological polar surface area (TPSA) is 57.5 Å². The Morgan fingerprint density at radius 2 is 1.83 bits per heavy atom. The van der Waals surface area contributed by atoms with Gasteiger partial charge in [-0.05, 0) is 0 Å². The Balaban J connectivity index is 3.48. The molecule has 0 aliphatic heterocycles. The van der Waals surface area contributed by atoms with Crippen LogP contribution in [0.25, 0.3) is 0 Å². The van der Waals surface area contributed by atoms with Gasteiger partial charge in [0.05, 0.1) is 0 Å². The van der Waals surface area contributed by atoms with E-state index in [1.807, 2.05) is 0 Å². The zero-order valence-corrected chi connectivity index (χ0v) is 6.90. The van der Waals surface area contributed by atoms with Crippen molar-refractivity contribution in [1.82, 2.24) is 0 Å². The van der Waals surface area contributed by atoms with Crippen LogP contribution in [-0.2, 0) is 35.0 Å². The standard InChI is InChI=1S/Mo.HO3P.V/c;1-4(2)3;/h;(H-,1,2,3);/q;;-1/p+1. The van der Waals surface area contributed by atoms with Gasteiger partial charge in [-0.15, -0.1) is 0 Å². The van der Waals surface area contributed by atoms with Crippen molar-refractivity contribution in [2.45, 2.75) is 0 Å². The first-order valence-corrected chi connectivity index (χ1v) is 8.68. The summed E-state index contributed by atoms with van der Waals surface area (Å²) in [5.41, 5.74) is 0. The van der Waals surface area contributed by atoms with Gasteiger partial charge in [-0.1, -0.05) is 0 Å². The predicted octanol–water partition coefficient (Wildman–Crippen LogP) is -0.377. The van der Waals surface area contributed by atoms with E-state index < -0.39 is 19.1 Å². The van der Waals surface area contributed by atoms with Crippen molar-refractivity contribution in [3.05, 3.63) is 0 Å². The van der Waals surface area contributed by atoms with Crippen molar-refractivity contribution in [2.75, 3.05) is 0 Å². The van der Waals surface area contributed by atoms with Crippen molar-refractivity contribution in [1.29, 1.82) is 0 Å². The molecule has 0 rings (SSSR count). The Bertz CT molecular complexity index is 74.9. The molecule has 0 spiro atoms. The fourth-order valence-corrected chi connectivity index (χ4v) is 0. The third-order valence-corrected chi connectivity index (χ3v) is 7.78. The molecule has 0 fully saturated rings. The van der Waals surface area contributed by atoms with E-state index in [1.165, 1.54) is 17.4 Å². The molecule has 0 unspecified atom stereocenters. The zero-order valence-electron chi connectivity index (χ0n) is 2.61. The average molecular weight is 228 g/mol. The van der Waals surface area contributed by atoms with Gasteiger partial charge in [0.15, 0.2) is 0 Å². The van der Waals surface area contributed by atoms with Crippen LogP contribution in [0.2, 0.25) is 0 Å². The molecule has 0 saturated carbocycles. The third kappa shape index (κ3) is 5.42. The summed E-state index contributed by atoms with van der Waals surface area (Å²) in [5.74, 6) is 0. The Kier molecular flexibility index (Phi) is 3.29. The molecule has 36 valence electrons. The Hall–Kier alpha value is 1.42. The molecule has 0 heterocycles. The molecular weight excluding hydrogens is 226 g/mol. The molecule has 0 amide bonds. The minimum absolute atomic E-state index is 0.740. The molecule has 0 aliphatic rings. The van der Waals surface area contributed by atoms with Crippen LogP contribution < -0.4 is 0 Å². The summed E-state index contributed by atoms with van der Waals surface area (Å²) in [4.78, 5) is 16.0. The summed E-state index contributed by atoms with van der Waals surface area (Å²) in [6.07, 6.45) is 0. The maximum atomic E-state index is 9.74. The van der Waals surface area contributed by atoms with Gasteiger partial charge in [0.2, 0.25) is 0 Å². The molecule has 2 N–H and O–H groups in total. The molecule has 0 aromatic rings. The first kappa shape index (κ1) is 7.42. The van der Waals surface area contributed by atoms with Gasteiger partial charge in [-0.25, -0.2) is 0 Å². The SMILES string of the molecule is O=[P](O)(O)[V][Mo]. The normalized spacial score (nSPS) is 11.0. The van der Waals surface area contributed by atoms with Crippen LogP contribution in [0.4, 0.5) is 0 Å². The van der Waals surface area contributed by atoms with Gasteiger partial charge in [-0.2, -0.15) is 0 Å². The molecule has 0 saturated heterocycles. The van der Waals surface area contributed by atoms with Gasteiger partial charge < -0.3 is 0 Å². The summed E-state index contributed by atoms with van der Waals surface area (Å²) in [6, 6.07) is -3.55. The molecule has 3 nitrogen and oxygen atoms in total. The van der Waals surface area contributed by atoms with Gasteiger partial charge >= 0.3 is 50.9 Å². The second-order valence-corrected chi connectivity index (χ2v) is 9.96. The fraction of sp³-hybridized carbons (Fsp3) is 0. The summed E-state index contributed by atoms with van der Waals surface area (Å²) >= 11 is 0.737. The van der Waals surface area contributed by atoms with Gasteiger partial charge in [0, 0.05) is 0 Å². The van der Waals surface area contributed by atoms with Crippen LogP contribution in [0.15, 0.2) is 0 Å². The summed E-state index contributed by atoms with van der Waals surface area (Å²) in [5, 5.41) is 0. The first-order chi connectivity index (χ1) is 2.56. The summed E-state index contributed by atoms with van der Waals surface area (Å²) in [7, 11) is 0. The van der Waals surface area contributed by atoms with Crippen molar-refractivity contribution in [3.8, 4) is 0 Å². The third-order valence-electron chi connectivity index (χ3n) is 0.106. The van der Waals surface area contributed by atoms with Gasteiger partial charge in [-0.3, -0.25) is 0 Å². The van der Waals surface area contributed by atoms with E-state index in [-0.39, 0.29) is 0 Å². The Morgan fingerprint density at radius 3 is 1.83 bits per heavy atom. The van der Waals surface area contributed by atoms with E-state index in [2.05, 4.69) is 0 Å². The molecular formula is H2MoO3PV. The maximum absolute atomic E-state index is 9.74. The minimum atomic E-state index is -3.55. The van der Waals surface area contributed by atoms with E-state index in [0.29, 0.717) is 0 Å². The second-order valence-electron chi connectivity index (χ2n) is 0.595. The van der Waals surface area contributed by atoms with E-state index >= 15 is 0 Å². The molecule has 0 radical (unpaired) electrons. The van der Waals surface area contributed by atoms with Gasteiger partial charge in [0.1, 0.15) is 0 Å². The van der Waals surface area contributed by atoms with E-state index in [4.69, 9.17) is 9.79 Å². The van der Waals surface area contributed by atoms with Crippen LogP contribution in [0.1, 0.15) is 0 Å². The van der Waals surface area contributed by atoms with E-state index in [0.717, 1.165) is 0 Å². The van der Waals surface area contributed by atoms with Crippen molar-refractivity contribution in [2.24, 2.45) is 0 Å². The van der Waals surface area contributed by atoms with Crippen LogP contribution in [-0.4, -0.2) is 9.79 Å². The van der Waals surface area contributed by atoms with Crippen LogP contribution in [0.5, 0.6) is 0 Å². The summed E-state index contributed by atoms with van der Waals surface area (Å²) < 4.78 is 9.74. The zero-order chi connectivity index (χ0) is 5.21. The number of rotatable bonds is 1. The fourth-order valence-electron chi connectivity index (χ4n) is 0. The van der Waals surface area contributed by atoms with E-state index in [9.17, 15) is 4.57 Å². The first-order valence-electron chi connectivity index (χ1n) is 0.965. The molecule has 0 aromatic carbocycles. The monoisotopic (exact) mass is 230 g/mol. The second kappa shape index (κ2) is 2.66. The predicted molar refractivity (Wildman–Crippen MR) is 12.0 cm³/mol. The summed E-state index contributed by atoms with van der Waals surface area (Å²) in [6.45, 7) is 0. The molecule has 6 heteroatoms.